The molecule has 1 heterocycles. The van der Waals surface area contributed by atoms with Crippen LogP contribution in [0.5, 0.6) is 0 Å². The van der Waals surface area contributed by atoms with Crippen LogP contribution in [0.3, 0.4) is 0 Å². The SMILES string of the molecule is CCN=C1SCC(=O)N1c1ccccc1C. The molecule has 4 heteroatoms. The molecule has 1 aromatic carbocycles. The van der Waals surface area contributed by atoms with Gasteiger partial charge in [0.25, 0.3) is 0 Å². The first-order valence-corrected chi connectivity index (χ1v) is 6.28. The summed E-state index contributed by atoms with van der Waals surface area (Å²) >= 11 is 1.51. The Labute approximate surface area is 99.6 Å². The van der Waals surface area contributed by atoms with Gasteiger partial charge in [-0.2, -0.15) is 0 Å². The van der Waals surface area contributed by atoms with E-state index in [-0.39, 0.29) is 5.91 Å². The molecule has 0 aliphatic carbocycles. The van der Waals surface area contributed by atoms with Crippen LogP contribution in [0.1, 0.15) is 12.5 Å². The molecule has 1 saturated heterocycles. The molecule has 0 atom stereocenters. The molecule has 1 amide bonds. The highest BCUT2D eigenvalue weighted by molar-refractivity contribution is 8.15. The van der Waals surface area contributed by atoms with Gasteiger partial charge in [0.15, 0.2) is 5.17 Å². The molecule has 16 heavy (non-hydrogen) atoms. The van der Waals surface area contributed by atoms with Gasteiger partial charge in [0.1, 0.15) is 0 Å². The van der Waals surface area contributed by atoms with Crippen molar-refractivity contribution in [3.8, 4) is 0 Å². The molecule has 1 aliphatic heterocycles. The van der Waals surface area contributed by atoms with E-state index in [4.69, 9.17) is 0 Å². The molecular weight excluding hydrogens is 220 g/mol. The number of amides is 1. The van der Waals surface area contributed by atoms with Crippen LogP contribution in [-0.2, 0) is 4.79 Å². The molecule has 1 aromatic rings. The van der Waals surface area contributed by atoms with E-state index in [0.717, 1.165) is 16.4 Å². The number of nitrogens with zero attached hydrogens (tertiary/aromatic N) is 2. The lowest BCUT2D eigenvalue weighted by atomic mass is 10.2. The predicted molar refractivity (Wildman–Crippen MR) is 69.1 cm³/mol. The Balaban J connectivity index is 2.42. The van der Waals surface area contributed by atoms with Crippen LogP contribution < -0.4 is 4.90 Å². The summed E-state index contributed by atoms with van der Waals surface area (Å²) in [5.41, 5.74) is 2.05. The van der Waals surface area contributed by atoms with Gasteiger partial charge in [-0.15, -0.1) is 0 Å². The highest BCUT2D eigenvalue weighted by atomic mass is 32.2. The maximum absolute atomic E-state index is 11.8. The molecule has 0 radical (unpaired) electrons. The van der Waals surface area contributed by atoms with Gasteiger partial charge < -0.3 is 0 Å². The molecule has 84 valence electrons. The molecule has 0 saturated carbocycles. The van der Waals surface area contributed by atoms with Crippen molar-refractivity contribution in [1.29, 1.82) is 0 Å². The van der Waals surface area contributed by atoms with Gasteiger partial charge in [0.2, 0.25) is 5.91 Å². The second-order valence-electron chi connectivity index (χ2n) is 3.56. The Hall–Kier alpha value is -1.29. The molecule has 0 bridgehead atoms. The van der Waals surface area contributed by atoms with Crippen molar-refractivity contribution in [2.24, 2.45) is 4.99 Å². The van der Waals surface area contributed by atoms with Crippen LogP contribution in [0, 0.1) is 6.92 Å². The smallest absolute Gasteiger partial charge is 0.243 e. The standard InChI is InChI=1S/C12H14N2OS/c1-3-13-12-14(11(15)8-16-12)10-7-5-4-6-9(10)2/h4-7H,3,8H2,1-2H3. The number of hydrogen-bond donors (Lipinski definition) is 0. The van der Waals surface area contributed by atoms with Crippen molar-refractivity contribution in [3.05, 3.63) is 29.8 Å². The summed E-state index contributed by atoms with van der Waals surface area (Å²) in [6.07, 6.45) is 0. The van der Waals surface area contributed by atoms with E-state index in [0.29, 0.717) is 12.3 Å². The van der Waals surface area contributed by atoms with Crippen LogP contribution in [0.2, 0.25) is 0 Å². The number of anilines is 1. The number of rotatable bonds is 2. The Morgan fingerprint density at radius 1 is 1.44 bits per heavy atom. The molecule has 0 spiro atoms. The zero-order valence-corrected chi connectivity index (χ0v) is 10.3. The first-order chi connectivity index (χ1) is 7.74. The maximum atomic E-state index is 11.8. The molecule has 2 rings (SSSR count). The average molecular weight is 234 g/mol. The van der Waals surface area contributed by atoms with E-state index >= 15 is 0 Å². The third-order valence-electron chi connectivity index (χ3n) is 2.42. The highest BCUT2D eigenvalue weighted by Crippen LogP contribution is 2.28. The van der Waals surface area contributed by atoms with E-state index in [1.807, 2.05) is 38.1 Å². The number of hydrogen-bond acceptors (Lipinski definition) is 3. The minimum Gasteiger partial charge on any atom is -0.273 e. The number of benzene rings is 1. The van der Waals surface area contributed by atoms with E-state index in [1.165, 1.54) is 11.8 Å². The molecule has 0 unspecified atom stereocenters. The molecule has 0 N–H and O–H groups in total. The number of para-hydroxylation sites is 1. The number of carbonyl (C=O) groups is 1. The zero-order chi connectivity index (χ0) is 11.5. The quantitative estimate of drug-likeness (QED) is 0.787. The van der Waals surface area contributed by atoms with Gasteiger partial charge in [0.05, 0.1) is 11.4 Å². The van der Waals surface area contributed by atoms with Crippen molar-refractivity contribution in [3.63, 3.8) is 0 Å². The van der Waals surface area contributed by atoms with Gasteiger partial charge in [-0.05, 0) is 25.5 Å². The molecule has 3 nitrogen and oxygen atoms in total. The van der Waals surface area contributed by atoms with E-state index < -0.39 is 0 Å². The number of carbonyl (C=O) groups excluding carboxylic acids is 1. The summed E-state index contributed by atoms with van der Waals surface area (Å²) in [4.78, 5) is 17.9. The fraction of sp³-hybridized carbons (Fsp3) is 0.333. The van der Waals surface area contributed by atoms with Gasteiger partial charge in [-0.3, -0.25) is 14.7 Å². The molecular formula is C12H14N2OS. The second-order valence-corrected chi connectivity index (χ2v) is 4.50. The van der Waals surface area contributed by atoms with E-state index in [1.54, 1.807) is 4.90 Å². The van der Waals surface area contributed by atoms with Crippen LogP contribution in [-0.4, -0.2) is 23.4 Å². The average Bonchev–Trinajstić information content (AvgIpc) is 2.62. The van der Waals surface area contributed by atoms with Crippen LogP contribution in [0.25, 0.3) is 0 Å². The van der Waals surface area contributed by atoms with E-state index in [9.17, 15) is 4.79 Å². The molecule has 0 aromatic heterocycles. The number of aryl methyl sites for hydroxylation is 1. The lowest BCUT2D eigenvalue weighted by molar-refractivity contribution is -0.115. The second kappa shape index (κ2) is 4.70. The van der Waals surface area contributed by atoms with Gasteiger partial charge >= 0.3 is 0 Å². The third kappa shape index (κ3) is 1.97. The van der Waals surface area contributed by atoms with Gasteiger partial charge in [-0.25, -0.2) is 0 Å². The lowest BCUT2D eigenvalue weighted by Crippen LogP contribution is -2.29. The van der Waals surface area contributed by atoms with Crippen molar-refractivity contribution >= 4 is 28.5 Å². The maximum Gasteiger partial charge on any atom is 0.243 e. The topological polar surface area (TPSA) is 32.7 Å². The Morgan fingerprint density at radius 3 is 2.88 bits per heavy atom. The van der Waals surface area contributed by atoms with Crippen LogP contribution in [0.15, 0.2) is 29.3 Å². The normalized spacial score (nSPS) is 18.5. The minimum absolute atomic E-state index is 0.117. The van der Waals surface area contributed by atoms with Gasteiger partial charge in [-0.1, -0.05) is 30.0 Å². The monoisotopic (exact) mass is 234 g/mol. The summed E-state index contributed by atoms with van der Waals surface area (Å²) in [6, 6.07) is 7.89. The Morgan fingerprint density at radius 2 is 2.19 bits per heavy atom. The summed E-state index contributed by atoms with van der Waals surface area (Å²) in [5, 5.41) is 0.821. The lowest BCUT2D eigenvalue weighted by Gasteiger charge is -2.18. The molecule has 1 fully saturated rings. The largest absolute Gasteiger partial charge is 0.273 e. The summed E-state index contributed by atoms with van der Waals surface area (Å²) < 4.78 is 0. The number of aliphatic imine (C=N–C) groups is 1. The Bertz CT molecular complexity index is 442. The van der Waals surface area contributed by atoms with Crippen molar-refractivity contribution in [1.82, 2.24) is 0 Å². The van der Waals surface area contributed by atoms with Crippen LogP contribution >= 0.6 is 11.8 Å². The molecule has 1 aliphatic rings. The third-order valence-corrected chi connectivity index (χ3v) is 3.38. The summed E-state index contributed by atoms with van der Waals surface area (Å²) in [5.74, 6) is 0.610. The first-order valence-electron chi connectivity index (χ1n) is 5.30. The van der Waals surface area contributed by atoms with Crippen molar-refractivity contribution in [2.75, 3.05) is 17.2 Å². The number of amidine groups is 1. The fourth-order valence-corrected chi connectivity index (χ4v) is 2.60. The van der Waals surface area contributed by atoms with E-state index in [2.05, 4.69) is 4.99 Å². The highest BCUT2D eigenvalue weighted by Gasteiger charge is 2.29. The number of thioether (sulfide) groups is 1. The Kier molecular flexibility index (Phi) is 3.29. The first kappa shape index (κ1) is 11.2. The predicted octanol–water partition coefficient (Wildman–Crippen LogP) is 2.45. The fourth-order valence-electron chi connectivity index (χ4n) is 1.67. The van der Waals surface area contributed by atoms with Crippen molar-refractivity contribution in [2.45, 2.75) is 13.8 Å². The summed E-state index contributed by atoms with van der Waals surface area (Å²) in [7, 11) is 0. The van der Waals surface area contributed by atoms with Gasteiger partial charge in [0, 0.05) is 6.54 Å². The van der Waals surface area contributed by atoms with Crippen LogP contribution in [0.4, 0.5) is 5.69 Å². The van der Waals surface area contributed by atoms with Crippen molar-refractivity contribution < 1.29 is 4.79 Å². The zero-order valence-electron chi connectivity index (χ0n) is 9.43. The summed E-state index contributed by atoms with van der Waals surface area (Å²) in [6.45, 7) is 4.69. The minimum atomic E-state index is 0.117.